The highest BCUT2D eigenvalue weighted by Crippen LogP contribution is 2.37. The standard InChI is InChI=1S/C13H9NO7S/c15-13(16)8-6-10(14(17)18)12(11(7-8)22(19)20)21-9-4-2-1-3-5-9/h1-7H,(H,15,16)(H,19,20). The maximum absolute atomic E-state index is 11.4. The molecule has 22 heavy (non-hydrogen) atoms. The first-order valence-electron chi connectivity index (χ1n) is 5.79. The van der Waals surface area contributed by atoms with Crippen LogP contribution in [0.5, 0.6) is 11.5 Å². The minimum absolute atomic E-state index is 0.209. The Morgan fingerprint density at radius 1 is 1.23 bits per heavy atom. The Hall–Kier alpha value is -2.78. The molecule has 2 N–H and O–H groups in total. The molecule has 0 aliphatic heterocycles. The molecule has 0 saturated heterocycles. The van der Waals surface area contributed by atoms with E-state index in [0.717, 1.165) is 12.1 Å². The number of benzene rings is 2. The topological polar surface area (TPSA) is 127 Å². The first kappa shape index (κ1) is 15.6. The normalized spacial score (nSPS) is 11.7. The lowest BCUT2D eigenvalue weighted by molar-refractivity contribution is -0.385. The van der Waals surface area contributed by atoms with Gasteiger partial charge in [0.05, 0.1) is 10.5 Å². The van der Waals surface area contributed by atoms with E-state index >= 15 is 0 Å². The minimum Gasteiger partial charge on any atom is -0.478 e. The lowest BCUT2D eigenvalue weighted by atomic mass is 10.2. The predicted molar refractivity (Wildman–Crippen MR) is 75.6 cm³/mol. The van der Waals surface area contributed by atoms with Gasteiger partial charge in [-0.05, 0) is 18.2 Å². The van der Waals surface area contributed by atoms with Crippen LogP contribution in [0.4, 0.5) is 5.69 Å². The van der Waals surface area contributed by atoms with Gasteiger partial charge in [0.1, 0.15) is 10.6 Å². The van der Waals surface area contributed by atoms with Crippen LogP contribution in [-0.2, 0) is 11.1 Å². The summed E-state index contributed by atoms with van der Waals surface area (Å²) in [5, 5.41) is 20.0. The average Bonchev–Trinajstić information content (AvgIpc) is 2.47. The van der Waals surface area contributed by atoms with Gasteiger partial charge < -0.3 is 14.4 Å². The highest BCUT2D eigenvalue weighted by molar-refractivity contribution is 7.79. The van der Waals surface area contributed by atoms with Gasteiger partial charge in [0.2, 0.25) is 5.75 Å². The lowest BCUT2D eigenvalue weighted by Crippen LogP contribution is -2.04. The highest BCUT2D eigenvalue weighted by atomic mass is 32.2. The second-order valence-corrected chi connectivity index (χ2v) is 4.99. The van der Waals surface area contributed by atoms with Crippen molar-refractivity contribution in [2.45, 2.75) is 4.90 Å². The zero-order valence-electron chi connectivity index (χ0n) is 10.8. The molecule has 0 fully saturated rings. The number of carbonyl (C=O) groups is 1. The van der Waals surface area contributed by atoms with E-state index in [1.807, 2.05) is 0 Å². The Balaban J connectivity index is 2.66. The minimum atomic E-state index is -2.66. The maximum atomic E-state index is 11.4. The first-order valence-corrected chi connectivity index (χ1v) is 6.90. The lowest BCUT2D eigenvalue weighted by Gasteiger charge is -2.10. The van der Waals surface area contributed by atoms with Gasteiger partial charge in [0.25, 0.3) is 0 Å². The Bertz CT molecular complexity index is 725. The largest absolute Gasteiger partial charge is 0.478 e. The van der Waals surface area contributed by atoms with E-state index in [-0.39, 0.29) is 5.75 Å². The number of carboxylic acid groups (broad SMARTS) is 1. The molecule has 1 unspecified atom stereocenters. The molecule has 0 aromatic heterocycles. The molecule has 0 saturated carbocycles. The van der Waals surface area contributed by atoms with Gasteiger partial charge in [-0.2, -0.15) is 0 Å². The van der Waals surface area contributed by atoms with Crippen molar-refractivity contribution >= 4 is 22.7 Å². The van der Waals surface area contributed by atoms with Crippen LogP contribution in [0, 0.1) is 10.1 Å². The van der Waals surface area contributed by atoms with Crippen molar-refractivity contribution in [3.63, 3.8) is 0 Å². The van der Waals surface area contributed by atoms with Crippen molar-refractivity contribution in [3.05, 3.63) is 58.1 Å². The van der Waals surface area contributed by atoms with E-state index in [9.17, 15) is 23.7 Å². The Morgan fingerprint density at radius 3 is 2.36 bits per heavy atom. The Morgan fingerprint density at radius 2 is 1.86 bits per heavy atom. The van der Waals surface area contributed by atoms with Crippen LogP contribution >= 0.6 is 0 Å². The van der Waals surface area contributed by atoms with Crippen LogP contribution in [-0.4, -0.2) is 24.8 Å². The molecular weight excluding hydrogens is 314 g/mol. The summed E-state index contributed by atoms with van der Waals surface area (Å²) < 4.78 is 26.0. The van der Waals surface area contributed by atoms with E-state index in [1.165, 1.54) is 12.1 Å². The number of rotatable bonds is 5. The second-order valence-electron chi connectivity index (χ2n) is 4.05. The fourth-order valence-electron chi connectivity index (χ4n) is 1.69. The maximum Gasteiger partial charge on any atom is 0.335 e. The van der Waals surface area contributed by atoms with Crippen LogP contribution < -0.4 is 4.74 Å². The van der Waals surface area contributed by atoms with Gasteiger partial charge in [-0.3, -0.25) is 10.1 Å². The molecule has 0 amide bonds. The van der Waals surface area contributed by atoms with Crippen molar-refractivity contribution in [2.24, 2.45) is 0 Å². The van der Waals surface area contributed by atoms with Gasteiger partial charge in [-0.25, -0.2) is 9.00 Å². The van der Waals surface area contributed by atoms with Crippen molar-refractivity contribution in [3.8, 4) is 11.5 Å². The smallest absolute Gasteiger partial charge is 0.335 e. The summed E-state index contributed by atoms with van der Waals surface area (Å²) in [6.07, 6.45) is 0. The number of aromatic carboxylic acids is 1. The van der Waals surface area contributed by atoms with Gasteiger partial charge >= 0.3 is 11.7 Å². The summed E-state index contributed by atoms with van der Waals surface area (Å²) >= 11 is -2.66. The quantitative estimate of drug-likeness (QED) is 0.492. The van der Waals surface area contributed by atoms with Crippen LogP contribution in [0.25, 0.3) is 0 Å². The van der Waals surface area contributed by atoms with Crippen LogP contribution in [0.3, 0.4) is 0 Å². The van der Waals surface area contributed by atoms with Gasteiger partial charge in [0.15, 0.2) is 11.1 Å². The van der Waals surface area contributed by atoms with Crippen LogP contribution in [0.1, 0.15) is 10.4 Å². The molecular formula is C13H9NO7S. The number of ether oxygens (including phenoxy) is 1. The number of nitrogens with zero attached hydrogens (tertiary/aromatic N) is 1. The molecule has 9 heteroatoms. The summed E-state index contributed by atoms with van der Waals surface area (Å²) in [5.41, 5.74) is -1.19. The van der Waals surface area contributed by atoms with E-state index in [2.05, 4.69) is 0 Å². The third-order valence-corrected chi connectivity index (χ3v) is 3.31. The van der Waals surface area contributed by atoms with E-state index in [4.69, 9.17) is 9.84 Å². The number of para-hydroxylation sites is 1. The van der Waals surface area contributed by atoms with Crippen molar-refractivity contribution in [1.82, 2.24) is 0 Å². The van der Waals surface area contributed by atoms with E-state index in [1.54, 1.807) is 18.2 Å². The second kappa shape index (κ2) is 6.33. The van der Waals surface area contributed by atoms with Crippen LogP contribution in [0.2, 0.25) is 0 Å². The van der Waals surface area contributed by atoms with Gasteiger partial charge in [-0.1, -0.05) is 18.2 Å². The van der Waals surface area contributed by atoms with Crippen molar-refractivity contribution in [1.29, 1.82) is 0 Å². The fraction of sp³-hybridized carbons (Fsp3) is 0. The first-order chi connectivity index (χ1) is 10.4. The summed E-state index contributed by atoms with van der Waals surface area (Å²) in [6, 6.07) is 9.56. The number of carboxylic acids is 1. The summed E-state index contributed by atoms with van der Waals surface area (Å²) in [7, 11) is 0. The SMILES string of the molecule is O=C(O)c1cc([N+](=O)[O-])c(Oc2ccccc2)c(S(=O)O)c1. The number of hydrogen-bond acceptors (Lipinski definition) is 5. The van der Waals surface area contributed by atoms with E-state index < -0.39 is 43.9 Å². The van der Waals surface area contributed by atoms with Crippen molar-refractivity contribution < 1.29 is 28.3 Å². The summed E-state index contributed by atoms with van der Waals surface area (Å²) in [6.45, 7) is 0. The third-order valence-electron chi connectivity index (χ3n) is 2.63. The monoisotopic (exact) mass is 323 g/mol. The molecule has 0 aliphatic carbocycles. The molecule has 8 nitrogen and oxygen atoms in total. The molecule has 0 radical (unpaired) electrons. The molecule has 2 rings (SSSR count). The van der Waals surface area contributed by atoms with E-state index in [0.29, 0.717) is 0 Å². The number of nitro benzene ring substituents is 1. The zero-order chi connectivity index (χ0) is 16.3. The van der Waals surface area contributed by atoms with Gasteiger partial charge in [-0.15, -0.1) is 0 Å². The number of nitro groups is 1. The van der Waals surface area contributed by atoms with Crippen molar-refractivity contribution in [2.75, 3.05) is 0 Å². The highest BCUT2D eigenvalue weighted by Gasteiger charge is 2.26. The molecule has 2 aromatic carbocycles. The zero-order valence-corrected chi connectivity index (χ0v) is 11.6. The molecule has 0 heterocycles. The average molecular weight is 323 g/mol. The van der Waals surface area contributed by atoms with Crippen LogP contribution in [0.15, 0.2) is 47.4 Å². The summed E-state index contributed by atoms with van der Waals surface area (Å²) in [5.74, 6) is -1.72. The molecule has 1 atom stereocenters. The predicted octanol–water partition coefficient (Wildman–Crippen LogP) is 2.67. The molecule has 0 spiro atoms. The summed E-state index contributed by atoms with van der Waals surface area (Å²) in [4.78, 5) is 20.7. The fourth-order valence-corrected chi connectivity index (χ4v) is 2.22. The molecule has 2 aromatic rings. The Kier molecular flexibility index (Phi) is 4.49. The Labute approximate surface area is 126 Å². The van der Waals surface area contributed by atoms with Gasteiger partial charge in [0, 0.05) is 6.07 Å². The number of hydrogen-bond donors (Lipinski definition) is 2. The third kappa shape index (κ3) is 3.27. The molecule has 0 aliphatic rings. The molecule has 114 valence electrons. The molecule has 0 bridgehead atoms.